The summed E-state index contributed by atoms with van der Waals surface area (Å²) in [7, 11) is 0. The summed E-state index contributed by atoms with van der Waals surface area (Å²) in [6.45, 7) is -3.29. The average Bonchev–Trinajstić information content (AvgIpc) is 2.49. The molecule has 0 saturated carbocycles. The summed E-state index contributed by atoms with van der Waals surface area (Å²) in [5.74, 6) is 0. The lowest BCUT2D eigenvalue weighted by Crippen LogP contribution is -2.65. The maximum absolute atomic E-state index is 9.90. The molecule has 0 radical (unpaired) electrons. The second-order valence-corrected chi connectivity index (χ2v) is 4.52. The van der Waals surface area contributed by atoms with E-state index in [2.05, 4.69) is 0 Å². The van der Waals surface area contributed by atoms with Crippen LogP contribution in [0, 0.1) is 0 Å². The molecule has 0 aromatic rings. The first-order valence-electron chi connectivity index (χ1n) is 5.80. The van der Waals surface area contributed by atoms with E-state index in [1.165, 1.54) is 0 Å². The molecule has 0 aliphatic carbocycles. The Morgan fingerprint density at radius 3 is 1.45 bits per heavy atom. The van der Waals surface area contributed by atoms with E-state index >= 15 is 0 Å². The number of hydrogen-bond acceptors (Lipinski definition) is 10. The largest absolute Gasteiger partial charge is 0.394 e. The van der Waals surface area contributed by atoms with E-state index in [-0.39, 0.29) is 0 Å². The zero-order valence-corrected chi connectivity index (χ0v) is 10.6. The van der Waals surface area contributed by atoms with Crippen LogP contribution >= 0.6 is 0 Å². The molecule has 0 unspecified atom stereocenters. The van der Waals surface area contributed by atoms with Gasteiger partial charge in [-0.15, -0.1) is 0 Å². The van der Waals surface area contributed by atoms with Gasteiger partial charge in [0.15, 0.2) is 0 Å². The van der Waals surface area contributed by atoms with Crippen molar-refractivity contribution >= 4 is 0 Å². The summed E-state index contributed by atoms with van der Waals surface area (Å²) < 4.78 is 0. The molecule has 0 saturated heterocycles. The summed E-state index contributed by atoms with van der Waals surface area (Å²) in [5.41, 5.74) is -2.88. The average molecular weight is 302 g/mol. The van der Waals surface area contributed by atoms with Gasteiger partial charge in [0.25, 0.3) is 0 Å². The Balaban J connectivity index is 5.13. The molecule has 0 aromatic heterocycles. The minimum atomic E-state index is -2.88. The standard InChI is InChI=1S/C10H22O10/c11-1-4(14)6(16)7(17)9(19)10(20,3-13)8(18)5(15)2-12/h4-9,11-20H,1-3H2/t4-,5-,6-,7-,8-,9+,10+/m1/s1. The molecule has 10 N–H and O–H groups in total. The van der Waals surface area contributed by atoms with Crippen molar-refractivity contribution in [3.63, 3.8) is 0 Å². The normalized spacial score (nSPS) is 24.3. The highest BCUT2D eigenvalue weighted by molar-refractivity contribution is 5.00. The lowest BCUT2D eigenvalue weighted by atomic mass is 9.83. The minimum absolute atomic E-state index is 0.954. The van der Waals surface area contributed by atoms with Crippen molar-refractivity contribution in [1.82, 2.24) is 0 Å². The second-order valence-electron chi connectivity index (χ2n) is 4.52. The number of rotatable bonds is 9. The van der Waals surface area contributed by atoms with Gasteiger partial charge in [-0.2, -0.15) is 0 Å². The summed E-state index contributed by atoms with van der Waals surface area (Å²) >= 11 is 0. The van der Waals surface area contributed by atoms with E-state index in [1.54, 1.807) is 0 Å². The Bertz CT molecular complexity index is 277. The van der Waals surface area contributed by atoms with Crippen molar-refractivity contribution in [2.45, 2.75) is 42.2 Å². The first kappa shape index (κ1) is 19.6. The molecule has 20 heavy (non-hydrogen) atoms. The van der Waals surface area contributed by atoms with Gasteiger partial charge in [0, 0.05) is 0 Å². The smallest absolute Gasteiger partial charge is 0.144 e. The Morgan fingerprint density at radius 2 is 1.10 bits per heavy atom. The molecule has 7 atom stereocenters. The third-order valence-corrected chi connectivity index (χ3v) is 3.08. The van der Waals surface area contributed by atoms with Crippen LogP contribution in [0.25, 0.3) is 0 Å². The van der Waals surface area contributed by atoms with Crippen LogP contribution in [0.4, 0.5) is 0 Å². The van der Waals surface area contributed by atoms with Gasteiger partial charge >= 0.3 is 0 Å². The Labute approximate surface area is 114 Å². The van der Waals surface area contributed by atoms with E-state index in [1.807, 2.05) is 0 Å². The van der Waals surface area contributed by atoms with Gasteiger partial charge in [0.1, 0.15) is 42.2 Å². The number of aliphatic hydroxyl groups excluding tert-OH is 9. The van der Waals surface area contributed by atoms with Gasteiger partial charge in [0.05, 0.1) is 19.8 Å². The number of aliphatic hydroxyl groups is 10. The highest BCUT2D eigenvalue weighted by atomic mass is 16.4. The summed E-state index contributed by atoms with van der Waals surface area (Å²) in [6.07, 6.45) is -12.8. The molecule has 10 heteroatoms. The lowest BCUT2D eigenvalue weighted by molar-refractivity contribution is -0.234. The summed E-state index contributed by atoms with van der Waals surface area (Å²) in [6, 6.07) is 0. The lowest BCUT2D eigenvalue weighted by Gasteiger charge is -2.40. The molecular formula is C10H22O10. The van der Waals surface area contributed by atoms with Crippen LogP contribution in [0.5, 0.6) is 0 Å². The van der Waals surface area contributed by atoms with E-state index < -0.39 is 62.0 Å². The fourth-order valence-electron chi connectivity index (χ4n) is 1.61. The third-order valence-electron chi connectivity index (χ3n) is 3.08. The van der Waals surface area contributed by atoms with Crippen molar-refractivity contribution in [3.05, 3.63) is 0 Å². The summed E-state index contributed by atoms with van der Waals surface area (Å²) in [4.78, 5) is 0. The maximum atomic E-state index is 9.90. The first-order valence-corrected chi connectivity index (χ1v) is 5.80. The molecule has 0 fully saturated rings. The van der Waals surface area contributed by atoms with E-state index in [0.29, 0.717) is 0 Å². The molecular weight excluding hydrogens is 280 g/mol. The molecule has 0 amide bonds. The molecule has 10 nitrogen and oxygen atoms in total. The predicted molar refractivity (Wildman–Crippen MR) is 62.2 cm³/mol. The fourth-order valence-corrected chi connectivity index (χ4v) is 1.61. The monoisotopic (exact) mass is 302 g/mol. The Kier molecular flexibility index (Phi) is 7.98. The van der Waals surface area contributed by atoms with E-state index in [4.69, 9.17) is 20.4 Å². The molecule has 0 aliphatic heterocycles. The Morgan fingerprint density at radius 1 is 0.650 bits per heavy atom. The van der Waals surface area contributed by atoms with Gasteiger partial charge in [-0.3, -0.25) is 0 Å². The quantitative estimate of drug-likeness (QED) is 0.195. The molecule has 0 rings (SSSR count). The highest BCUT2D eigenvalue weighted by Crippen LogP contribution is 2.23. The topological polar surface area (TPSA) is 202 Å². The van der Waals surface area contributed by atoms with E-state index in [9.17, 15) is 30.6 Å². The number of hydrogen-bond donors (Lipinski definition) is 10. The van der Waals surface area contributed by atoms with Gasteiger partial charge in [0.2, 0.25) is 0 Å². The Hall–Kier alpha value is -0.400. The molecule has 0 aliphatic rings. The first-order chi connectivity index (χ1) is 9.17. The van der Waals surface area contributed by atoms with Gasteiger partial charge in [-0.1, -0.05) is 0 Å². The molecule has 0 aromatic carbocycles. The van der Waals surface area contributed by atoms with Crippen LogP contribution in [0.15, 0.2) is 0 Å². The zero-order chi connectivity index (χ0) is 16.1. The van der Waals surface area contributed by atoms with Crippen LogP contribution in [0.1, 0.15) is 0 Å². The van der Waals surface area contributed by atoms with Crippen LogP contribution in [-0.2, 0) is 0 Å². The van der Waals surface area contributed by atoms with Crippen LogP contribution < -0.4 is 0 Å². The fraction of sp³-hybridized carbons (Fsp3) is 1.00. The molecule has 122 valence electrons. The third kappa shape index (κ3) is 4.05. The van der Waals surface area contributed by atoms with E-state index in [0.717, 1.165) is 0 Å². The summed E-state index contributed by atoms with van der Waals surface area (Å²) in [5, 5.41) is 92.7. The molecule has 0 bridgehead atoms. The minimum Gasteiger partial charge on any atom is -0.394 e. The van der Waals surface area contributed by atoms with Gasteiger partial charge < -0.3 is 51.1 Å². The van der Waals surface area contributed by atoms with Crippen molar-refractivity contribution in [2.75, 3.05) is 19.8 Å². The van der Waals surface area contributed by atoms with Crippen LogP contribution in [0.3, 0.4) is 0 Å². The highest BCUT2D eigenvalue weighted by Gasteiger charge is 2.50. The van der Waals surface area contributed by atoms with Crippen LogP contribution in [0.2, 0.25) is 0 Å². The van der Waals surface area contributed by atoms with Crippen molar-refractivity contribution in [1.29, 1.82) is 0 Å². The predicted octanol–water partition coefficient (Wildman–Crippen LogP) is -6.14. The van der Waals surface area contributed by atoms with Crippen LogP contribution in [-0.4, -0.2) is 113 Å². The second kappa shape index (κ2) is 8.14. The van der Waals surface area contributed by atoms with Crippen molar-refractivity contribution in [2.24, 2.45) is 0 Å². The van der Waals surface area contributed by atoms with Gasteiger partial charge in [-0.25, -0.2) is 0 Å². The van der Waals surface area contributed by atoms with Crippen molar-refractivity contribution in [3.8, 4) is 0 Å². The maximum Gasteiger partial charge on any atom is 0.144 e. The zero-order valence-electron chi connectivity index (χ0n) is 10.6. The molecule has 0 spiro atoms. The van der Waals surface area contributed by atoms with Crippen molar-refractivity contribution < 1.29 is 51.1 Å². The molecule has 0 heterocycles. The SMILES string of the molecule is OC[C@@H](O)[C@@H](O)[C@@H](O)[C@H](O)[C@](O)(CO)[C@H](O)[C@H](O)CO. The van der Waals surface area contributed by atoms with Gasteiger partial charge in [-0.05, 0) is 0 Å².